The van der Waals surface area contributed by atoms with Gasteiger partial charge >= 0.3 is 51.4 Å². The molecule has 2 N–H and O–H groups in total. The Bertz CT molecular complexity index is 1120. The Morgan fingerprint density at radius 3 is 2.03 bits per heavy atom. The van der Waals surface area contributed by atoms with Gasteiger partial charge in [-0.2, -0.15) is 0 Å². The molecule has 2 aromatic rings. The van der Waals surface area contributed by atoms with Crippen LogP contribution in [0.25, 0.3) is 0 Å². The maximum atomic E-state index is 15.1. The smallest absolute Gasteiger partial charge is 0.547 e. The molecule has 192 valence electrons. The molecule has 37 heavy (non-hydrogen) atoms. The summed E-state index contributed by atoms with van der Waals surface area (Å²) in [7, 11) is -3.70. The second-order valence-electron chi connectivity index (χ2n) is 9.85. The molecule has 8 nitrogen and oxygen atoms in total. The van der Waals surface area contributed by atoms with Crippen molar-refractivity contribution in [1.82, 2.24) is 9.80 Å². The van der Waals surface area contributed by atoms with Gasteiger partial charge in [-0.25, -0.2) is 0 Å². The van der Waals surface area contributed by atoms with Gasteiger partial charge in [-0.1, -0.05) is 60.7 Å². The fourth-order valence-electron chi connectivity index (χ4n) is 5.70. The maximum Gasteiger partial charge on any atom is 1.00 e. The molecule has 2 saturated heterocycles. The maximum absolute atomic E-state index is 15.1. The topological polar surface area (TPSA) is 124 Å². The zero-order chi connectivity index (χ0) is 25.9. The first-order chi connectivity index (χ1) is 17.2. The van der Waals surface area contributed by atoms with E-state index in [2.05, 4.69) is 0 Å². The van der Waals surface area contributed by atoms with Gasteiger partial charge in [0.25, 0.3) is 0 Å². The van der Waals surface area contributed by atoms with Crippen molar-refractivity contribution in [2.45, 2.75) is 62.3 Å². The van der Waals surface area contributed by atoms with Crippen molar-refractivity contribution in [2.24, 2.45) is 5.73 Å². The molecule has 0 radical (unpaired) electrons. The van der Waals surface area contributed by atoms with Crippen LogP contribution in [0.2, 0.25) is 0 Å². The second-order valence-corrected chi connectivity index (χ2v) is 13.0. The van der Waals surface area contributed by atoms with Crippen LogP contribution in [-0.2, 0) is 31.3 Å². The number of hydrogen-bond donors (Lipinski definition) is 1. The Labute approximate surface area is 260 Å². The number of aliphatic carboxylic acids is 1. The van der Waals surface area contributed by atoms with Gasteiger partial charge in [0.05, 0.1) is 12.0 Å². The summed E-state index contributed by atoms with van der Waals surface area (Å²) in [6.45, 7) is 2.10. The third-order valence-corrected chi connectivity index (χ3v) is 11.1. The van der Waals surface area contributed by atoms with Crippen molar-refractivity contribution >= 4 is 24.9 Å². The Kier molecular flexibility index (Phi) is 10.4. The standard InChI is InChI=1S/C27H34N3O5P.K/c1-20(28)24(31)29-16-8-14-23(29)25(32)30-17-9-15-27(30,26(33)34)36(35,18-21-10-4-2-5-11-21)19-22-12-6-3-7-13-22;/h2-7,10-13,20,23H,8-9,14-19,28H2,1H3,(H,33,34);/q;+1/p-1/t20-,23-,27+;/m0./s1. The number of amides is 2. The summed E-state index contributed by atoms with van der Waals surface area (Å²) in [4.78, 5) is 42.4. The van der Waals surface area contributed by atoms with Crippen LogP contribution in [0.15, 0.2) is 60.7 Å². The molecule has 0 saturated carbocycles. The van der Waals surface area contributed by atoms with E-state index in [1.165, 1.54) is 9.80 Å². The van der Waals surface area contributed by atoms with Gasteiger partial charge < -0.3 is 30.0 Å². The summed E-state index contributed by atoms with van der Waals surface area (Å²) in [6, 6.07) is 16.7. The SMILES string of the molecule is C[C@H](N)C(=O)N1CCC[C@H]1C(=O)N1CCC[C@]1(C(=O)[O-])P(=O)(Cc1ccccc1)Cc1ccccc1.[K+]. The second kappa shape index (κ2) is 12.7. The minimum Gasteiger partial charge on any atom is -0.547 e. The predicted molar refractivity (Wildman–Crippen MR) is 135 cm³/mol. The number of rotatable bonds is 8. The summed E-state index contributed by atoms with van der Waals surface area (Å²) in [6.07, 6.45) is 1.51. The summed E-state index contributed by atoms with van der Waals surface area (Å²) < 4.78 is 15.1. The first-order valence-corrected chi connectivity index (χ1v) is 14.5. The number of carboxylic acid groups (broad SMARTS) is 1. The van der Waals surface area contributed by atoms with Crippen LogP contribution in [0.4, 0.5) is 0 Å². The number of carbonyl (C=O) groups excluding carboxylic acids is 3. The van der Waals surface area contributed by atoms with Crippen molar-refractivity contribution in [1.29, 1.82) is 0 Å². The van der Waals surface area contributed by atoms with E-state index in [1.807, 2.05) is 60.7 Å². The largest absolute Gasteiger partial charge is 1.00 e. The van der Waals surface area contributed by atoms with E-state index < -0.39 is 36.4 Å². The molecule has 2 aliphatic rings. The molecule has 10 heteroatoms. The van der Waals surface area contributed by atoms with Gasteiger partial charge in [0, 0.05) is 25.4 Å². The van der Waals surface area contributed by atoms with Gasteiger partial charge in [0.2, 0.25) is 11.8 Å². The van der Waals surface area contributed by atoms with Crippen molar-refractivity contribution < 1.29 is 75.4 Å². The van der Waals surface area contributed by atoms with Crippen LogP contribution in [0.3, 0.4) is 0 Å². The molecule has 0 bridgehead atoms. The van der Waals surface area contributed by atoms with Gasteiger partial charge in [0.15, 0.2) is 0 Å². The van der Waals surface area contributed by atoms with E-state index >= 15 is 4.57 Å². The fraction of sp³-hybridized carbons (Fsp3) is 0.444. The van der Waals surface area contributed by atoms with E-state index in [0.29, 0.717) is 25.8 Å². The van der Waals surface area contributed by atoms with E-state index in [1.54, 1.807) is 6.92 Å². The fourth-order valence-corrected chi connectivity index (χ4v) is 9.47. The molecule has 4 rings (SSSR count). The van der Waals surface area contributed by atoms with Crippen molar-refractivity contribution in [3.63, 3.8) is 0 Å². The molecular weight excluding hydrogens is 516 g/mol. The zero-order valence-electron chi connectivity index (χ0n) is 21.5. The first-order valence-electron chi connectivity index (χ1n) is 12.4. The van der Waals surface area contributed by atoms with Crippen molar-refractivity contribution in [3.8, 4) is 0 Å². The number of carbonyl (C=O) groups is 3. The van der Waals surface area contributed by atoms with Gasteiger partial charge in [-0.15, -0.1) is 0 Å². The minimum atomic E-state index is -3.70. The normalized spacial score (nSPS) is 22.4. The van der Waals surface area contributed by atoms with Crippen LogP contribution < -0.4 is 62.2 Å². The minimum absolute atomic E-state index is 0. The number of carboxylic acids is 1. The van der Waals surface area contributed by atoms with Crippen LogP contribution >= 0.6 is 7.14 Å². The molecule has 3 atom stereocenters. The average Bonchev–Trinajstić information content (AvgIpc) is 3.53. The molecule has 2 fully saturated rings. The third-order valence-electron chi connectivity index (χ3n) is 7.39. The molecule has 2 heterocycles. The van der Waals surface area contributed by atoms with E-state index in [0.717, 1.165) is 11.1 Å². The Morgan fingerprint density at radius 2 is 1.54 bits per heavy atom. The monoisotopic (exact) mass is 549 g/mol. The van der Waals surface area contributed by atoms with Gasteiger partial charge in [-0.3, -0.25) is 9.59 Å². The van der Waals surface area contributed by atoms with E-state index in [-0.39, 0.29) is 82.6 Å². The molecule has 2 aromatic carbocycles. The summed E-state index contributed by atoms with van der Waals surface area (Å²) in [5.74, 6) is -2.32. The summed E-state index contributed by atoms with van der Waals surface area (Å²) in [5.41, 5.74) is 7.29. The molecule has 0 spiro atoms. The number of nitrogens with zero attached hydrogens (tertiary/aromatic N) is 2. The predicted octanol–water partition coefficient (Wildman–Crippen LogP) is -0.839. The first kappa shape index (κ1) is 30.2. The molecule has 2 aliphatic heterocycles. The van der Waals surface area contributed by atoms with Crippen LogP contribution in [0, 0.1) is 0 Å². The van der Waals surface area contributed by atoms with Crippen LogP contribution in [0.5, 0.6) is 0 Å². The zero-order valence-corrected chi connectivity index (χ0v) is 25.6. The van der Waals surface area contributed by atoms with E-state index in [9.17, 15) is 19.5 Å². The van der Waals surface area contributed by atoms with Gasteiger partial charge in [0.1, 0.15) is 18.5 Å². The van der Waals surface area contributed by atoms with Crippen molar-refractivity contribution in [2.75, 3.05) is 13.1 Å². The Hall–Kier alpha value is -1.32. The van der Waals surface area contributed by atoms with Crippen LogP contribution in [0.1, 0.15) is 43.7 Å². The number of likely N-dealkylation sites (tertiary alicyclic amines) is 2. The Morgan fingerprint density at radius 1 is 1.00 bits per heavy atom. The van der Waals surface area contributed by atoms with Gasteiger partial charge in [-0.05, 0) is 43.7 Å². The molecule has 0 aromatic heterocycles. The number of benzene rings is 2. The number of hydrogen-bond acceptors (Lipinski definition) is 6. The molecule has 0 unspecified atom stereocenters. The van der Waals surface area contributed by atoms with Crippen molar-refractivity contribution in [3.05, 3.63) is 71.8 Å². The summed E-state index contributed by atoms with van der Waals surface area (Å²) in [5, 5.41) is 11.1. The molecular formula is C27H33KN3O5P. The summed E-state index contributed by atoms with van der Waals surface area (Å²) >= 11 is 0. The quantitative estimate of drug-likeness (QED) is 0.338. The Balaban J connectivity index is 0.00000380. The average molecular weight is 550 g/mol. The third kappa shape index (κ3) is 5.98. The van der Waals surface area contributed by atoms with E-state index in [4.69, 9.17) is 5.73 Å². The molecule has 0 aliphatic carbocycles. The van der Waals surface area contributed by atoms with Crippen LogP contribution in [-0.4, -0.2) is 58.0 Å². The number of nitrogens with two attached hydrogens (primary N) is 1. The molecule has 2 amide bonds.